The fourth-order valence-electron chi connectivity index (χ4n) is 3.93. The fraction of sp³-hybridized carbons (Fsp3) is 0.318. The SMILES string of the molecule is Cc1cc(C)c(C(=O)[PH](=O)C(C(=O)O)[PH](=O)C(=O)c2c(C)cc(C)cc2C)c(C)c1. The maximum atomic E-state index is 13.0. The number of aliphatic carboxylic acids is 1. The summed E-state index contributed by atoms with van der Waals surface area (Å²) in [6, 6.07) is 6.94. The smallest absolute Gasteiger partial charge is 0.321 e. The Morgan fingerprint density at radius 2 is 0.933 bits per heavy atom. The van der Waals surface area contributed by atoms with E-state index in [4.69, 9.17) is 0 Å². The number of hydrogen-bond donors (Lipinski definition) is 1. The van der Waals surface area contributed by atoms with Crippen LogP contribution in [0.4, 0.5) is 0 Å². The molecular weight excluding hydrogens is 422 g/mol. The van der Waals surface area contributed by atoms with Crippen LogP contribution in [0.2, 0.25) is 0 Å². The highest BCUT2D eigenvalue weighted by atomic mass is 31.2. The van der Waals surface area contributed by atoms with Gasteiger partial charge in [0.05, 0.1) is 0 Å². The molecule has 0 heterocycles. The van der Waals surface area contributed by atoms with Crippen LogP contribution in [0, 0.1) is 41.5 Å². The Labute approximate surface area is 177 Å². The van der Waals surface area contributed by atoms with E-state index in [1.54, 1.807) is 52.0 Å². The average molecular weight is 448 g/mol. The standard InChI is InChI=1S/C22H26O6P2/c1-11-7-13(3)17(14(4)8-11)20(25)29(27)22(19(23)24)30(28)21(26)18-15(5)9-12(2)10-16(18)6/h7-10,22,29-30H,1-6H3,(H,23,24). The number of benzene rings is 2. The normalized spacial score (nSPS) is 14.1. The van der Waals surface area contributed by atoms with Crippen LogP contribution in [0.1, 0.15) is 54.1 Å². The summed E-state index contributed by atoms with van der Waals surface area (Å²) in [6.45, 7) is 10.4. The quantitative estimate of drug-likeness (QED) is 0.595. The molecule has 2 aromatic rings. The second-order valence-electron chi connectivity index (χ2n) is 7.71. The lowest BCUT2D eigenvalue weighted by Crippen LogP contribution is -2.19. The van der Waals surface area contributed by atoms with Gasteiger partial charge in [0.25, 0.3) is 0 Å². The van der Waals surface area contributed by atoms with Gasteiger partial charge in [0.15, 0.2) is 21.0 Å². The number of carboxylic acids is 1. The highest BCUT2D eigenvalue weighted by Crippen LogP contribution is 2.49. The van der Waals surface area contributed by atoms with Crippen LogP contribution in [0.5, 0.6) is 0 Å². The number of rotatable bonds is 7. The topological polar surface area (TPSA) is 106 Å². The number of carbonyl (C=O) groups excluding carboxylic acids is 2. The minimum absolute atomic E-state index is 0.167. The van der Waals surface area contributed by atoms with Gasteiger partial charge in [-0.15, -0.1) is 0 Å². The maximum absolute atomic E-state index is 13.0. The van der Waals surface area contributed by atoms with Crippen LogP contribution < -0.4 is 0 Å². The van der Waals surface area contributed by atoms with Crippen molar-refractivity contribution in [2.24, 2.45) is 0 Å². The van der Waals surface area contributed by atoms with E-state index in [0.29, 0.717) is 22.3 Å². The van der Waals surface area contributed by atoms with Crippen molar-refractivity contribution >= 4 is 32.6 Å². The second kappa shape index (κ2) is 9.24. The molecule has 0 aliphatic rings. The molecule has 0 fully saturated rings. The molecule has 8 heteroatoms. The molecule has 2 atom stereocenters. The molecular formula is C22H26O6P2. The van der Waals surface area contributed by atoms with E-state index in [1.807, 2.05) is 13.8 Å². The molecule has 30 heavy (non-hydrogen) atoms. The highest BCUT2D eigenvalue weighted by molar-refractivity contribution is 7.82. The summed E-state index contributed by atoms with van der Waals surface area (Å²) in [4.78, 5) is 37.7. The van der Waals surface area contributed by atoms with Crippen molar-refractivity contribution in [3.8, 4) is 0 Å². The van der Waals surface area contributed by atoms with Gasteiger partial charge in [0.1, 0.15) is 0 Å². The van der Waals surface area contributed by atoms with Gasteiger partial charge in [-0.3, -0.25) is 14.4 Å². The zero-order valence-corrected chi connectivity index (χ0v) is 19.9. The molecule has 0 radical (unpaired) electrons. The third-order valence-corrected chi connectivity index (χ3v) is 9.54. The number of hydrogen-bond acceptors (Lipinski definition) is 5. The third kappa shape index (κ3) is 4.71. The summed E-state index contributed by atoms with van der Waals surface area (Å²) in [5, 5.41) is 7.60. The van der Waals surface area contributed by atoms with Crippen LogP contribution in [-0.2, 0) is 13.9 Å². The maximum Gasteiger partial charge on any atom is 0.321 e. The zero-order valence-electron chi connectivity index (χ0n) is 17.9. The molecule has 1 N–H and O–H groups in total. The van der Waals surface area contributed by atoms with Gasteiger partial charge >= 0.3 is 5.97 Å². The summed E-state index contributed by atoms with van der Waals surface area (Å²) in [7, 11) is -7.15. The van der Waals surface area contributed by atoms with Gasteiger partial charge < -0.3 is 14.2 Å². The van der Waals surface area contributed by atoms with Gasteiger partial charge in [-0.05, 0) is 63.8 Å². The van der Waals surface area contributed by atoms with Gasteiger partial charge in [-0.2, -0.15) is 0 Å². The predicted molar refractivity (Wildman–Crippen MR) is 119 cm³/mol. The minimum Gasteiger partial charge on any atom is -0.480 e. The Balaban J connectivity index is 2.49. The first-order chi connectivity index (χ1) is 13.9. The molecule has 0 saturated heterocycles. The van der Waals surface area contributed by atoms with Crippen molar-refractivity contribution in [1.29, 1.82) is 0 Å². The fourth-order valence-corrected chi connectivity index (χ4v) is 7.92. The van der Waals surface area contributed by atoms with Crippen molar-refractivity contribution in [1.82, 2.24) is 0 Å². The highest BCUT2D eigenvalue weighted by Gasteiger charge is 2.40. The molecule has 0 aliphatic heterocycles. The molecule has 2 aromatic carbocycles. The van der Waals surface area contributed by atoms with E-state index >= 15 is 0 Å². The van der Waals surface area contributed by atoms with Gasteiger partial charge in [0.2, 0.25) is 11.0 Å². The summed E-state index contributed by atoms with van der Waals surface area (Å²) < 4.78 is 26.0. The third-order valence-electron chi connectivity index (χ3n) is 5.03. The molecule has 2 rings (SSSR count). The molecule has 0 aromatic heterocycles. The Morgan fingerprint density at radius 1 is 0.667 bits per heavy atom. The Bertz CT molecular complexity index is 989. The van der Waals surface area contributed by atoms with Crippen molar-refractivity contribution < 1.29 is 28.6 Å². The average Bonchev–Trinajstić information content (AvgIpc) is 2.59. The Morgan fingerprint density at radius 3 is 1.17 bits per heavy atom. The molecule has 0 bridgehead atoms. The summed E-state index contributed by atoms with van der Waals surface area (Å²) >= 11 is 0. The lowest BCUT2D eigenvalue weighted by Gasteiger charge is -2.16. The van der Waals surface area contributed by atoms with Crippen molar-refractivity contribution in [2.75, 3.05) is 0 Å². The first-order valence-electron chi connectivity index (χ1n) is 9.42. The number of carbonyl (C=O) groups is 3. The van der Waals surface area contributed by atoms with E-state index in [-0.39, 0.29) is 11.1 Å². The lowest BCUT2D eigenvalue weighted by molar-refractivity contribution is -0.134. The largest absolute Gasteiger partial charge is 0.480 e. The van der Waals surface area contributed by atoms with E-state index in [0.717, 1.165) is 11.1 Å². The first-order valence-corrected chi connectivity index (χ1v) is 12.4. The number of aryl methyl sites for hydroxylation is 6. The van der Waals surface area contributed by atoms with E-state index in [1.165, 1.54) is 0 Å². The van der Waals surface area contributed by atoms with Gasteiger partial charge in [-0.1, -0.05) is 35.4 Å². The van der Waals surface area contributed by atoms with E-state index in [9.17, 15) is 28.6 Å². The lowest BCUT2D eigenvalue weighted by atomic mass is 10.0. The van der Waals surface area contributed by atoms with E-state index < -0.39 is 38.0 Å². The van der Waals surface area contributed by atoms with Gasteiger partial charge in [0, 0.05) is 11.1 Å². The van der Waals surface area contributed by atoms with Crippen LogP contribution >= 0.6 is 15.6 Å². The van der Waals surface area contributed by atoms with E-state index in [2.05, 4.69) is 0 Å². The Hall–Kier alpha value is -2.29. The summed E-state index contributed by atoms with van der Waals surface area (Å²) in [6.07, 6.45) is 0. The predicted octanol–water partition coefficient (Wildman–Crippen LogP) is 5.05. The second-order valence-corrected chi connectivity index (χ2v) is 11.8. The van der Waals surface area contributed by atoms with Crippen LogP contribution in [-0.4, -0.2) is 27.5 Å². The van der Waals surface area contributed by atoms with Gasteiger partial charge in [-0.25, -0.2) is 0 Å². The monoisotopic (exact) mass is 448 g/mol. The summed E-state index contributed by atoms with van der Waals surface area (Å²) in [5.41, 5.74) is 2.70. The van der Waals surface area contributed by atoms with Crippen molar-refractivity contribution in [3.05, 3.63) is 68.8 Å². The first kappa shape index (κ1) is 24.0. The molecule has 2 unspecified atom stereocenters. The molecule has 6 nitrogen and oxygen atoms in total. The Kier molecular flexibility index (Phi) is 7.39. The summed E-state index contributed by atoms with van der Waals surface area (Å²) in [5.74, 6) is -1.66. The van der Waals surface area contributed by atoms with Crippen LogP contribution in [0.25, 0.3) is 0 Å². The van der Waals surface area contributed by atoms with Crippen molar-refractivity contribution in [3.63, 3.8) is 0 Å². The number of carboxylic acid groups (broad SMARTS) is 1. The zero-order chi connectivity index (χ0) is 22.9. The molecule has 0 saturated carbocycles. The molecule has 0 amide bonds. The van der Waals surface area contributed by atoms with Crippen LogP contribution in [0.3, 0.4) is 0 Å². The minimum atomic E-state index is -3.58. The molecule has 0 spiro atoms. The molecule has 160 valence electrons. The van der Waals surface area contributed by atoms with Crippen molar-refractivity contribution in [2.45, 2.75) is 46.9 Å². The molecule has 0 aliphatic carbocycles. The van der Waals surface area contributed by atoms with Crippen LogP contribution in [0.15, 0.2) is 24.3 Å².